The van der Waals surface area contributed by atoms with Crippen LogP contribution < -0.4 is 4.90 Å². The van der Waals surface area contributed by atoms with Crippen LogP contribution in [0.5, 0.6) is 0 Å². The summed E-state index contributed by atoms with van der Waals surface area (Å²) >= 11 is 6.41. The lowest BCUT2D eigenvalue weighted by Crippen LogP contribution is -2.24. The van der Waals surface area contributed by atoms with Crippen molar-refractivity contribution in [2.24, 2.45) is 0 Å². The number of hydrogen-bond acceptors (Lipinski definition) is 2. The van der Waals surface area contributed by atoms with Gasteiger partial charge in [0.1, 0.15) is 0 Å². The maximum absolute atomic E-state index is 13.4. The molecule has 3 nitrogen and oxygen atoms in total. The summed E-state index contributed by atoms with van der Waals surface area (Å²) in [5, 5.41) is 5.04. The Morgan fingerprint density at radius 3 is 2.67 bits per heavy atom. The highest BCUT2D eigenvalue weighted by molar-refractivity contribution is 6.31. The molecule has 0 unspecified atom stereocenters. The Labute approximate surface area is 146 Å². The van der Waals surface area contributed by atoms with Crippen LogP contribution in [0.4, 0.5) is 14.5 Å². The molecule has 2 heterocycles. The largest absolute Gasteiger partial charge is 0.363 e. The molecule has 1 saturated heterocycles. The topological polar surface area (TPSA) is 21.1 Å². The second-order valence-electron chi connectivity index (χ2n) is 7.44. The summed E-state index contributed by atoms with van der Waals surface area (Å²) in [7, 11) is 0. The molecule has 24 heavy (non-hydrogen) atoms. The van der Waals surface area contributed by atoms with Gasteiger partial charge in [0.25, 0.3) is 5.92 Å². The van der Waals surface area contributed by atoms with Crippen molar-refractivity contribution < 1.29 is 8.78 Å². The van der Waals surface area contributed by atoms with Crippen molar-refractivity contribution >= 4 is 17.3 Å². The molecule has 1 aliphatic rings. The number of hydrogen-bond donors (Lipinski definition) is 0. The van der Waals surface area contributed by atoms with E-state index in [1.54, 1.807) is 15.8 Å². The molecule has 6 heteroatoms. The lowest BCUT2D eigenvalue weighted by Gasteiger charge is -2.23. The second kappa shape index (κ2) is 6.03. The van der Waals surface area contributed by atoms with Gasteiger partial charge in [-0.3, -0.25) is 4.68 Å². The number of anilines is 1. The molecular weight excluding hydrogens is 332 g/mol. The van der Waals surface area contributed by atoms with Gasteiger partial charge in [0, 0.05) is 24.2 Å². The number of nitrogens with zero attached hydrogens (tertiary/aromatic N) is 3. The first-order valence-electron chi connectivity index (χ1n) is 8.09. The minimum absolute atomic E-state index is 0.0345. The van der Waals surface area contributed by atoms with Crippen molar-refractivity contribution in [1.29, 1.82) is 0 Å². The number of aromatic nitrogens is 2. The lowest BCUT2D eigenvalue weighted by molar-refractivity contribution is 0.0257. The Hall–Kier alpha value is -1.62. The SMILES string of the molecule is CC(C)(C)c1cccc(Cl)c1Cn1cc(N2CCC(F)(F)C2)cn1. The van der Waals surface area contributed by atoms with Gasteiger partial charge in [0.15, 0.2) is 0 Å². The molecule has 0 atom stereocenters. The molecule has 130 valence electrons. The first-order chi connectivity index (χ1) is 11.2. The molecule has 0 bridgehead atoms. The smallest absolute Gasteiger partial charge is 0.266 e. The van der Waals surface area contributed by atoms with Crippen LogP contribution >= 0.6 is 11.6 Å². The number of rotatable bonds is 3. The molecule has 0 amide bonds. The van der Waals surface area contributed by atoms with Crippen LogP contribution in [-0.2, 0) is 12.0 Å². The molecule has 1 aromatic carbocycles. The number of alkyl halides is 2. The summed E-state index contributed by atoms with van der Waals surface area (Å²) in [4.78, 5) is 1.68. The van der Waals surface area contributed by atoms with Crippen LogP contribution in [0.2, 0.25) is 5.02 Å². The molecule has 0 saturated carbocycles. The zero-order valence-corrected chi connectivity index (χ0v) is 14.9. The van der Waals surface area contributed by atoms with E-state index in [1.165, 1.54) is 5.56 Å². The molecule has 2 aromatic rings. The standard InChI is InChI=1S/C18H22ClF2N3/c1-17(2,3)15-5-4-6-16(19)14(15)11-24-10-13(9-22-24)23-8-7-18(20,21)12-23/h4-6,9-10H,7-8,11-12H2,1-3H3. The van der Waals surface area contributed by atoms with Crippen LogP contribution in [-0.4, -0.2) is 28.8 Å². The van der Waals surface area contributed by atoms with E-state index in [-0.39, 0.29) is 18.4 Å². The number of benzene rings is 1. The maximum Gasteiger partial charge on any atom is 0.266 e. The third-order valence-electron chi connectivity index (χ3n) is 4.40. The number of halogens is 3. The maximum atomic E-state index is 13.4. The predicted molar refractivity (Wildman–Crippen MR) is 93.3 cm³/mol. The van der Waals surface area contributed by atoms with Crippen molar-refractivity contribution in [3.63, 3.8) is 0 Å². The van der Waals surface area contributed by atoms with Crippen molar-refractivity contribution in [2.45, 2.75) is 45.1 Å². The van der Waals surface area contributed by atoms with Gasteiger partial charge in [-0.2, -0.15) is 5.10 Å². The highest BCUT2D eigenvalue weighted by atomic mass is 35.5. The van der Waals surface area contributed by atoms with Gasteiger partial charge in [-0.05, 0) is 22.6 Å². The Morgan fingerprint density at radius 1 is 1.29 bits per heavy atom. The molecule has 0 spiro atoms. The zero-order valence-electron chi connectivity index (χ0n) is 14.2. The quantitative estimate of drug-likeness (QED) is 0.795. The van der Waals surface area contributed by atoms with Gasteiger partial charge in [0.2, 0.25) is 0 Å². The Bertz CT molecular complexity index is 734. The first kappa shape index (κ1) is 17.2. The van der Waals surface area contributed by atoms with E-state index < -0.39 is 5.92 Å². The molecule has 1 aliphatic heterocycles. The van der Waals surface area contributed by atoms with Crippen molar-refractivity contribution in [1.82, 2.24) is 9.78 Å². The van der Waals surface area contributed by atoms with Crippen molar-refractivity contribution in [3.05, 3.63) is 46.7 Å². The summed E-state index contributed by atoms with van der Waals surface area (Å²) in [6.45, 7) is 7.07. The zero-order chi connectivity index (χ0) is 17.5. The van der Waals surface area contributed by atoms with Gasteiger partial charge in [-0.15, -0.1) is 0 Å². The summed E-state index contributed by atoms with van der Waals surface area (Å²) in [6.07, 6.45) is 3.36. The fraction of sp³-hybridized carbons (Fsp3) is 0.500. The third-order valence-corrected chi connectivity index (χ3v) is 4.76. The molecule has 0 radical (unpaired) electrons. The van der Waals surface area contributed by atoms with E-state index in [0.717, 1.165) is 11.3 Å². The molecule has 1 aromatic heterocycles. The van der Waals surface area contributed by atoms with Crippen molar-refractivity contribution in [2.75, 3.05) is 18.0 Å². The third kappa shape index (κ3) is 3.56. The van der Waals surface area contributed by atoms with Crippen molar-refractivity contribution in [3.8, 4) is 0 Å². The molecule has 3 rings (SSSR count). The van der Waals surface area contributed by atoms with E-state index in [0.29, 0.717) is 18.1 Å². The highest BCUT2D eigenvalue weighted by Gasteiger charge is 2.38. The first-order valence-corrected chi connectivity index (χ1v) is 8.47. The highest BCUT2D eigenvalue weighted by Crippen LogP contribution is 2.33. The lowest BCUT2D eigenvalue weighted by atomic mass is 9.84. The fourth-order valence-electron chi connectivity index (χ4n) is 3.14. The van der Waals surface area contributed by atoms with E-state index in [9.17, 15) is 8.78 Å². The van der Waals surface area contributed by atoms with Crippen LogP contribution in [0.25, 0.3) is 0 Å². The molecular formula is C18H22ClF2N3. The summed E-state index contributed by atoms with van der Waals surface area (Å²) < 4.78 is 28.5. The Balaban J connectivity index is 1.84. The minimum Gasteiger partial charge on any atom is -0.363 e. The summed E-state index contributed by atoms with van der Waals surface area (Å²) in [5.74, 6) is -2.61. The Kier molecular flexibility index (Phi) is 4.32. The van der Waals surface area contributed by atoms with Gasteiger partial charge in [-0.1, -0.05) is 44.5 Å². The van der Waals surface area contributed by atoms with Gasteiger partial charge in [-0.25, -0.2) is 8.78 Å². The predicted octanol–water partition coefficient (Wildman–Crippen LogP) is 4.73. The molecule has 0 aliphatic carbocycles. The van der Waals surface area contributed by atoms with E-state index in [1.807, 2.05) is 18.3 Å². The van der Waals surface area contributed by atoms with Crippen LogP contribution in [0.15, 0.2) is 30.6 Å². The minimum atomic E-state index is -2.61. The average Bonchev–Trinajstić information content (AvgIpc) is 3.06. The van der Waals surface area contributed by atoms with E-state index in [4.69, 9.17) is 11.6 Å². The Morgan fingerprint density at radius 2 is 2.04 bits per heavy atom. The fourth-order valence-corrected chi connectivity index (χ4v) is 3.38. The average molecular weight is 354 g/mol. The van der Waals surface area contributed by atoms with Crippen LogP contribution in [0.1, 0.15) is 38.3 Å². The monoisotopic (exact) mass is 353 g/mol. The summed E-state index contributed by atoms with van der Waals surface area (Å²) in [6, 6.07) is 5.90. The van der Waals surface area contributed by atoms with Crippen LogP contribution in [0.3, 0.4) is 0 Å². The van der Waals surface area contributed by atoms with Gasteiger partial charge >= 0.3 is 0 Å². The van der Waals surface area contributed by atoms with Crippen LogP contribution in [0, 0.1) is 0 Å². The van der Waals surface area contributed by atoms with E-state index >= 15 is 0 Å². The normalized spacial score (nSPS) is 17.5. The molecule has 0 N–H and O–H groups in total. The summed E-state index contributed by atoms with van der Waals surface area (Å²) in [5.41, 5.74) is 2.89. The van der Waals surface area contributed by atoms with Gasteiger partial charge in [0.05, 0.1) is 25.0 Å². The second-order valence-corrected chi connectivity index (χ2v) is 7.85. The molecule has 1 fully saturated rings. The van der Waals surface area contributed by atoms with Gasteiger partial charge < -0.3 is 4.90 Å². The van der Waals surface area contributed by atoms with E-state index in [2.05, 4.69) is 31.9 Å².